The Labute approximate surface area is 97.4 Å². The van der Waals surface area contributed by atoms with Gasteiger partial charge in [0.25, 0.3) is 0 Å². The Balaban J connectivity index is 2.01. The van der Waals surface area contributed by atoms with Gasteiger partial charge in [-0.3, -0.25) is 4.79 Å². The van der Waals surface area contributed by atoms with E-state index in [-0.39, 0.29) is 5.91 Å². The molecule has 0 saturated carbocycles. The van der Waals surface area contributed by atoms with Crippen LogP contribution in [0.3, 0.4) is 0 Å². The molecule has 0 aromatic rings. The molecule has 4 nitrogen and oxygen atoms in total. The van der Waals surface area contributed by atoms with Crippen molar-refractivity contribution < 1.29 is 9.53 Å². The molecule has 0 radical (unpaired) electrons. The zero-order valence-corrected chi connectivity index (χ0v) is 10.1. The second kappa shape index (κ2) is 8.30. The molecule has 0 saturated heterocycles. The first-order valence-electron chi connectivity index (χ1n) is 6.06. The van der Waals surface area contributed by atoms with E-state index in [1.807, 2.05) is 6.92 Å². The van der Waals surface area contributed by atoms with Crippen molar-refractivity contribution in [3.63, 3.8) is 0 Å². The van der Waals surface area contributed by atoms with Crippen molar-refractivity contribution in [1.82, 2.24) is 10.6 Å². The van der Waals surface area contributed by atoms with Gasteiger partial charge in [-0.15, -0.1) is 0 Å². The Hall–Kier alpha value is -0.870. The molecule has 0 atom stereocenters. The number of carbonyl (C=O) groups is 1. The lowest BCUT2D eigenvalue weighted by molar-refractivity contribution is -0.122. The summed E-state index contributed by atoms with van der Waals surface area (Å²) in [5.74, 6) is 0.0861. The van der Waals surface area contributed by atoms with Gasteiger partial charge >= 0.3 is 0 Å². The summed E-state index contributed by atoms with van der Waals surface area (Å²) >= 11 is 0. The van der Waals surface area contributed by atoms with Crippen LogP contribution in [0.1, 0.15) is 26.2 Å². The smallest absolute Gasteiger partial charge is 0.222 e. The zero-order chi connectivity index (χ0) is 11.6. The summed E-state index contributed by atoms with van der Waals surface area (Å²) in [6.07, 6.45) is 4.77. The van der Waals surface area contributed by atoms with E-state index in [0.717, 1.165) is 32.5 Å². The largest absolute Gasteiger partial charge is 0.381 e. The number of carbonyl (C=O) groups excluding carboxylic acids is 1. The van der Waals surface area contributed by atoms with Gasteiger partial charge in [-0.25, -0.2) is 0 Å². The standard InChI is InChI=1S/C12H22N2O2/c1-2-16-10-6-12(15)14-9-5-11-3-7-13-8-4-11/h3,13H,2,4-10H2,1H3,(H,14,15). The van der Waals surface area contributed by atoms with E-state index in [1.54, 1.807) is 0 Å². The van der Waals surface area contributed by atoms with Crippen LogP contribution < -0.4 is 10.6 Å². The van der Waals surface area contributed by atoms with Crippen molar-refractivity contribution >= 4 is 5.91 Å². The lowest BCUT2D eigenvalue weighted by Crippen LogP contribution is -2.27. The van der Waals surface area contributed by atoms with Crippen molar-refractivity contribution in [2.45, 2.75) is 26.2 Å². The molecule has 0 spiro atoms. The van der Waals surface area contributed by atoms with Crippen molar-refractivity contribution in [2.75, 3.05) is 32.8 Å². The first kappa shape index (κ1) is 13.2. The highest BCUT2D eigenvalue weighted by molar-refractivity contribution is 5.75. The van der Waals surface area contributed by atoms with E-state index in [1.165, 1.54) is 5.57 Å². The van der Waals surface area contributed by atoms with Gasteiger partial charge in [0.05, 0.1) is 6.61 Å². The maximum Gasteiger partial charge on any atom is 0.222 e. The monoisotopic (exact) mass is 226 g/mol. The highest BCUT2D eigenvalue weighted by Gasteiger charge is 2.04. The second-order valence-electron chi connectivity index (χ2n) is 3.86. The molecule has 4 heteroatoms. The summed E-state index contributed by atoms with van der Waals surface area (Å²) in [6.45, 7) is 5.90. The van der Waals surface area contributed by atoms with E-state index in [4.69, 9.17) is 4.74 Å². The van der Waals surface area contributed by atoms with Gasteiger partial charge in [0.1, 0.15) is 0 Å². The first-order valence-corrected chi connectivity index (χ1v) is 6.06. The highest BCUT2D eigenvalue weighted by Crippen LogP contribution is 2.07. The van der Waals surface area contributed by atoms with Crippen LogP contribution in [0.25, 0.3) is 0 Å². The topological polar surface area (TPSA) is 50.4 Å². The molecule has 0 aliphatic carbocycles. The Morgan fingerprint density at radius 3 is 3.19 bits per heavy atom. The Kier molecular flexibility index (Phi) is 6.85. The summed E-state index contributed by atoms with van der Waals surface area (Å²) < 4.78 is 5.12. The Morgan fingerprint density at radius 1 is 1.62 bits per heavy atom. The van der Waals surface area contributed by atoms with Gasteiger partial charge < -0.3 is 15.4 Å². The molecule has 0 aromatic carbocycles. The fourth-order valence-corrected chi connectivity index (χ4v) is 1.66. The maximum atomic E-state index is 11.3. The van der Waals surface area contributed by atoms with E-state index >= 15 is 0 Å². The zero-order valence-electron chi connectivity index (χ0n) is 10.1. The molecule has 0 fully saturated rings. The summed E-state index contributed by atoms with van der Waals surface area (Å²) in [6, 6.07) is 0. The van der Waals surface area contributed by atoms with Crippen molar-refractivity contribution in [3.8, 4) is 0 Å². The molecule has 0 aromatic heterocycles. The third-order valence-electron chi connectivity index (χ3n) is 2.60. The molecule has 0 unspecified atom stereocenters. The van der Waals surface area contributed by atoms with Crippen molar-refractivity contribution in [2.24, 2.45) is 0 Å². The quantitative estimate of drug-likeness (QED) is 0.499. The molecular formula is C12H22N2O2. The number of hydrogen-bond donors (Lipinski definition) is 2. The second-order valence-corrected chi connectivity index (χ2v) is 3.86. The lowest BCUT2D eigenvalue weighted by atomic mass is 10.1. The van der Waals surface area contributed by atoms with Gasteiger partial charge in [-0.05, 0) is 26.3 Å². The number of ether oxygens (including phenoxy) is 1. The average molecular weight is 226 g/mol. The van der Waals surface area contributed by atoms with E-state index < -0.39 is 0 Å². The highest BCUT2D eigenvalue weighted by atomic mass is 16.5. The van der Waals surface area contributed by atoms with Crippen LogP contribution in [0.15, 0.2) is 11.6 Å². The molecule has 0 bridgehead atoms. The van der Waals surface area contributed by atoms with Gasteiger partial charge in [0, 0.05) is 26.1 Å². The van der Waals surface area contributed by atoms with Gasteiger partial charge in [0.15, 0.2) is 0 Å². The normalized spacial score (nSPS) is 15.7. The lowest BCUT2D eigenvalue weighted by Gasteiger charge is -2.14. The Bertz CT molecular complexity index is 239. The summed E-state index contributed by atoms with van der Waals surface area (Å²) in [4.78, 5) is 11.3. The van der Waals surface area contributed by atoms with Crippen LogP contribution in [-0.4, -0.2) is 38.8 Å². The van der Waals surface area contributed by atoms with Crippen LogP contribution in [-0.2, 0) is 9.53 Å². The molecule has 16 heavy (non-hydrogen) atoms. The van der Waals surface area contributed by atoms with Gasteiger partial charge in [-0.1, -0.05) is 11.6 Å². The number of rotatable bonds is 7. The summed E-state index contributed by atoms with van der Waals surface area (Å²) in [7, 11) is 0. The average Bonchev–Trinajstić information content (AvgIpc) is 2.31. The van der Waals surface area contributed by atoms with Crippen LogP contribution >= 0.6 is 0 Å². The fourth-order valence-electron chi connectivity index (χ4n) is 1.66. The fraction of sp³-hybridized carbons (Fsp3) is 0.750. The van der Waals surface area contributed by atoms with Crippen molar-refractivity contribution in [1.29, 1.82) is 0 Å². The third kappa shape index (κ3) is 5.88. The molecule has 1 amide bonds. The number of nitrogens with one attached hydrogen (secondary N) is 2. The molecule has 92 valence electrons. The van der Waals surface area contributed by atoms with Gasteiger partial charge in [-0.2, -0.15) is 0 Å². The van der Waals surface area contributed by atoms with Gasteiger partial charge in [0.2, 0.25) is 5.91 Å². The van der Waals surface area contributed by atoms with E-state index in [0.29, 0.717) is 19.6 Å². The molecule has 2 N–H and O–H groups in total. The van der Waals surface area contributed by atoms with Crippen LogP contribution in [0.5, 0.6) is 0 Å². The Morgan fingerprint density at radius 2 is 2.50 bits per heavy atom. The summed E-state index contributed by atoms with van der Waals surface area (Å²) in [5, 5.41) is 6.18. The number of amides is 1. The SMILES string of the molecule is CCOCCC(=O)NCCC1=CCNCC1. The minimum Gasteiger partial charge on any atom is -0.381 e. The first-order chi connectivity index (χ1) is 7.83. The van der Waals surface area contributed by atoms with Crippen LogP contribution in [0, 0.1) is 0 Å². The maximum absolute atomic E-state index is 11.3. The number of hydrogen-bond acceptors (Lipinski definition) is 3. The molecular weight excluding hydrogens is 204 g/mol. The third-order valence-corrected chi connectivity index (χ3v) is 2.60. The minimum atomic E-state index is 0.0861. The van der Waals surface area contributed by atoms with Crippen LogP contribution in [0.2, 0.25) is 0 Å². The molecule has 1 heterocycles. The molecule has 1 aliphatic rings. The summed E-state index contributed by atoms with van der Waals surface area (Å²) in [5.41, 5.74) is 1.45. The molecule has 1 aliphatic heterocycles. The van der Waals surface area contributed by atoms with E-state index in [9.17, 15) is 4.79 Å². The predicted molar refractivity (Wildman–Crippen MR) is 64.3 cm³/mol. The van der Waals surface area contributed by atoms with Crippen molar-refractivity contribution in [3.05, 3.63) is 11.6 Å². The minimum absolute atomic E-state index is 0.0861. The predicted octanol–water partition coefficient (Wildman–Crippen LogP) is 0.839. The van der Waals surface area contributed by atoms with E-state index in [2.05, 4.69) is 16.7 Å². The molecule has 1 rings (SSSR count). The van der Waals surface area contributed by atoms with Crippen LogP contribution in [0.4, 0.5) is 0 Å².